The second kappa shape index (κ2) is 8.75. The van der Waals surface area contributed by atoms with Gasteiger partial charge in [0.2, 0.25) is 0 Å². The Balaban J connectivity index is 1.46. The molecule has 4 aromatic rings. The lowest BCUT2D eigenvalue weighted by molar-refractivity contribution is 0.206. The molecule has 0 aliphatic carbocycles. The van der Waals surface area contributed by atoms with Gasteiger partial charge in [-0.1, -0.05) is 54.6 Å². The van der Waals surface area contributed by atoms with Crippen LogP contribution in [0.3, 0.4) is 0 Å². The Morgan fingerprint density at radius 1 is 1.03 bits per heavy atom. The average Bonchev–Trinajstić information content (AvgIpc) is 3.11. The minimum absolute atomic E-state index is 0.0886. The van der Waals surface area contributed by atoms with Gasteiger partial charge in [-0.3, -0.25) is 0 Å². The zero-order chi connectivity index (χ0) is 21.9. The van der Waals surface area contributed by atoms with Crippen molar-refractivity contribution in [1.29, 1.82) is 0 Å². The molecule has 1 atom stereocenters. The lowest BCUT2D eigenvalue weighted by Crippen LogP contribution is -2.39. The van der Waals surface area contributed by atoms with Crippen molar-refractivity contribution in [2.75, 3.05) is 25.5 Å². The Hall–Kier alpha value is -3.80. The van der Waals surface area contributed by atoms with E-state index in [0.717, 1.165) is 23.3 Å². The van der Waals surface area contributed by atoms with Gasteiger partial charge in [0.15, 0.2) is 0 Å². The normalized spacial score (nSPS) is 15.8. The van der Waals surface area contributed by atoms with E-state index in [2.05, 4.69) is 46.3 Å². The number of fused-ring (bicyclic) bond motifs is 3. The highest BCUT2D eigenvalue weighted by Crippen LogP contribution is 2.29. The number of nitrogens with one attached hydrogen (secondary N) is 1. The molecule has 1 N–H and O–H groups in total. The number of para-hydroxylation sites is 4. The van der Waals surface area contributed by atoms with E-state index in [1.54, 1.807) is 7.11 Å². The molecule has 1 aliphatic rings. The number of anilines is 1. The van der Waals surface area contributed by atoms with Crippen LogP contribution in [0, 0.1) is 0 Å². The van der Waals surface area contributed by atoms with Crippen LogP contribution < -0.4 is 10.1 Å². The van der Waals surface area contributed by atoms with E-state index in [-0.39, 0.29) is 12.1 Å². The summed E-state index contributed by atoms with van der Waals surface area (Å²) in [6.07, 6.45) is 1.53. The first kappa shape index (κ1) is 20.1. The van der Waals surface area contributed by atoms with E-state index in [1.807, 2.05) is 47.4 Å². The summed E-state index contributed by atoms with van der Waals surface area (Å²) in [6, 6.07) is 26.1. The molecule has 2 amide bonds. The third-order valence-electron chi connectivity index (χ3n) is 6.02. The predicted molar refractivity (Wildman–Crippen MR) is 126 cm³/mol. The summed E-state index contributed by atoms with van der Waals surface area (Å²) in [5.41, 5.74) is 4.04. The Kier molecular flexibility index (Phi) is 5.50. The molecule has 1 aromatic heterocycles. The van der Waals surface area contributed by atoms with E-state index in [9.17, 15) is 4.79 Å². The molecule has 2 heterocycles. The highest BCUT2D eigenvalue weighted by Gasteiger charge is 2.28. The third-order valence-corrected chi connectivity index (χ3v) is 6.02. The van der Waals surface area contributed by atoms with Gasteiger partial charge in [0.1, 0.15) is 11.6 Å². The van der Waals surface area contributed by atoms with Crippen molar-refractivity contribution in [3.63, 3.8) is 0 Å². The van der Waals surface area contributed by atoms with Crippen molar-refractivity contribution >= 4 is 22.8 Å². The van der Waals surface area contributed by atoms with Crippen LogP contribution in [0.4, 0.5) is 10.5 Å². The number of urea groups is 1. The number of ether oxygens (including phenoxy) is 1. The van der Waals surface area contributed by atoms with Gasteiger partial charge in [-0.25, -0.2) is 9.78 Å². The van der Waals surface area contributed by atoms with Gasteiger partial charge < -0.3 is 19.5 Å². The molecule has 5 rings (SSSR count). The average molecular weight is 427 g/mol. The van der Waals surface area contributed by atoms with E-state index in [4.69, 9.17) is 9.72 Å². The monoisotopic (exact) mass is 426 g/mol. The van der Waals surface area contributed by atoms with Gasteiger partial charge >= 0.3 is 6.03 Å². The van der Waals surface area contributed by atoms with Crippen molar-refractivity contribution < 1.29 is 9.53 Å². The highest BCUT2D eigenvalue weighted by atomic mass is 16.5. The summed E-state index contributed by atoms with van der Waals surface area (Å²) >= 11 is 0. The van der Waals surface area contributed by atoms with Crippen LogP contribution in [-0.4, -0.2) is 40.7 Å². The van der Waals surface area contributed by atoms with Crippen LogP contribution in [0.2, 0.25) is 0 Å². The maximum atomic E-state index is 13.3. The van der Waals surface area contributed by atoms with Gasteiger partial charge in [0, 0.05) is 19.5 Å². The molecule has 32 heavy (non-hydrogen) atoms. The van der Waals surface area contributed by atoms with Gasteiger partial charge in [0.25, 0.3) is 0 Å². The molecule has 162 valence electrons. The Morgan fingerprint density at radius 2 is 1.78 bits per heavy atom. The topological polar surface area (TPSA) is 59.4 Å². The number of aromatic nitrogens is 2. The third kappa shape index (κ3) is 3.91. The Bertz CT molecular complexity index is 1240. The van der Waals surface area contributed by atoms with Crippen LogP contribution >= 0.6 is 0 Å². The molecular formula is C26H26N4O2. The van der Waals surface area contributed by atoms with Crippen molar-refractivity contribution in [2.45, 2.75) is 18.9 Å². The number of nitrogens with zero attached hydrogens (tertiary/aromatic N) is 3. The summed E-state index contributed by atoms with van der Waals surface area (Å²) < 4.78 is 7.73. The number of hydrogen-bond acceptors (Lipinski definition) is 3. The minimum atomic E-state index is -0.123. The zero-order valence-electron chi connectivity index (χ0n) is 18.1. The number of carbonyl (C=O) groups is 1. The summed E-state index contributed by atoms with van der Waals surface area (Å²) in [6.45, 7) is 1.21. The number of methoxy groups -OCH3 is 1. The largest absolute Gasteiger partial charge is 0.495 e. The number of benzene rings is 3. The number of amides is 2. The molecule has 0 fully saturated rings. The van der Waals surface area contributed by atoms with Crippen molar-refractivity contribution in [3.8, 4) is 5.75 Å². The van der Waals surface area contributed by atoms with Gasteiger partial charge in [-0.05, 0) is 36.2 Å². The molecule has 0 saturated carbocycles. The van der Waals surface area contributed by atoms with Gasteiger partial charge in [-0.15, -0.1) is 0 Å². The first-order valence-corrected chi connectivity index (χ1v) is 10.9. The smallest absolute Gasteiger partial charge is 0.322 e. The van der Waals surface area contributed by atoms with Crippen molar-refractivity contribution in [2.24, 2.45) is 0 Å². The molecule has 0 spiro atoms. The predicted octanol–water partition coefficient (Wildman–Crippen LogP) is 4.92. The second-order valence-electron chi connectivity index (χ2n) is 8.06. The molecule has 0 saturated heterocycles. The summed E-state index contributed by atoms with van der Waals surface area (Å²) in [5, 5.41) is 3.03. The SMILES string of the molecule is COc1ccccc1NC(=O)N1CCc2nc3ccccc3n2C(Cc2ccccc2)C1. The fourth-order valence-electron chi connectivity index (χ4n) is 4.51. The highest BCUT2D eigenvalue weighted by molar-refractivity contribution is 5.91. The minimum Gasteiger partial charge on any atom is -0.495 e. The lowest BCUT2D eigenvalue weighted by Gasteiger charge is -2.27. The first-order chi connectivity index (χ1) is 15.7. The summed E-state index contributed by atoms with van der Waals surface area (Å²) in [4.78, 5) is 20.0. The number of hydrogen-bond donors (Lipinski definition) is 1. The Labute approximate surface area is 187 Å². The maximum absolute atomic E-state index is 13.3. The summed E-state index contributed by atoms with van der Waals surface area (Å²) in [5.74, 6) is 1.68. The van der Waals surface area contributed by atoms with E-state index in [0.29, 0.717) is 30.9 Å². The fraction of sp³-hybridized carbons (Fsp3) is 0.231. The van der Waals surface area contributed by atoms with Crippen LogP contribution in [-0.2, 0) is 12.8 Å². The van der Waals surface area contributed by atoms with Crippen molar-refractivity contribution in [1.82, 2.24) is 14.5 Å². The number of rotatable bonds is 4. The second-order valence-corrected chi connectivity index (χ2v) is 8.06. The van der Waals surface area contributed by atoms with E-state index in [1.165, 1.54) is 5.56 Å². The molecule has 6 nitrogen and oxygen atoms in total. The zero-order valence-corrected chi connectivity index (χ0v) is 18.1. The van der Waals surface area contributed by atoms with Crippen LogP contribution in [0.5, 0.6) is 5.75 Å². The van der Waals surface area contributed by atoms with E-state index >= 15 is 0 Å². The quantitative estimate of drug-likeness (QED) is 0.504. The van der Waals surface area contributed by atoms with Gasteiger partial charge in [0.05, 0.1) is 29.9 Å². The van der Waals surface area contributed by atoms with Crippen molar-refractivity contribution in [3.05, 3.63) is 90.3 Å². The molecule has 0 bridgehead atoms. The molecule has 3 aromatic carbocycles. The van der Waals surface area contributed by atoms with E-state index < -0.39 is 0 Å². The lowest BCUT2D eigenvalue weighted by atomic mass is 10.1. The molecule has 1 unspecified atom stereocenters. The van der Waals surface area contributed by atoms with Gasteiger partial charge in [-0.2, -0.15) is 0 Å². The molecular weight excluding hydrogens is 400 g/mol. The fourth-order valence-corrected chi connectivity index (χ4v) is 4.51. The summed E-state index contributed by atoms with van der Waals surface area (Å²) in [7, 11) is 1.61. The standard InChI is InChI=1S/C26H26N4O2/c1-32-24-14-8-6-12-22(24)28-26(31)29-16-15-25-27-21-11-5-7-13-23(21)30(25)20(18-29)17-19-9-3-2-4-10-19/h2-14,20H,15-18H2,1H3,(H,28,31). The van der Waals surface area contributed by atoms with Crippen LogP contribution in [0.25, 0.3) is 11.0 Å². The maximum Gasteiger partial charge on any atom is 0.322 e. The molecule has 1 aliphatic heterocycles. The molecule has 6 heteroatoms. The van der Waals surface area contributed by atoms with Crippen LogP contribution in [0.15, 0.2) is 78.9 Å². The van der Waals surface area contributed by atoms with Crippen LogP contribution in [0.1, 0.15) is 17.4 Å². The molecule has 0 radical (unpaired) electrons. The Morgan fingerprint density at radius 3 is 2.62 bits per heavy atom. The number of carbonyl (C=O) groups excluding carboxylic acids is 1. The number of imidazole rings is 1. The first-order valence-electron chi connectivity index (χ1n) is 10.9.